The molecule has 31 heavy (non-hydrogen) atoms. The third-order valence-electron chi connectivity index (χ3n) is 5.13. The molecule has 0 atom stereocenters. The van der Waals surface area contributed by atoms with Gasteiger partial charge in [0.25, 0.3) is 0 Å². The van der Waals surface area contributed by atoms with Gasteiger partial charge in [-0.1, -0.05) is 35.5 Å². The lowest BCUT2D eigenvalue weighted by atomic mass is 10.2. The number of para-hydroxylation sites is 1. The van der Waals surface area contributed by atoms with Crippen LogP contribution in [0, 0.1) is 0 Å². The molecule has 0 saturated carbocycles. The fourth-order valence-corrected chi connectivity index (χ4v) is 4.55. The zero-order valence-corrected chi connectivity index (χ0v) is 18.5. The Morgan fingerprint density at radius 3 is 2.52 bits per heavy atom. The van der Waals surface area contributed by atoms with Gasteiger partial charge in [0.15, 0.2) is 11.0 Å². The number of aliphatic hydroxyl groups is 1. The number of rotatable bonds is 7. The number of piperazine rings is 1. The first-order chi connectivity index (χ1) is 15.2. The summed E-state index contributed by atoms with van der Waals surface area (Å²) >= 11 is 7.82. The van der Waals surface area contributed by atoms with Gasteiger partial charge < -0.3 is 10.0 Å². The molecule has 0 aliphatic carbocycles. The van der Waals surface area contributed by atoms with E-state index in [-0.39, 0.29) is 18.3 Å². The Labute approximate surface area is 189 Å². The van der Waals surface area contributed by atoms with E-state index in [1.165, 1.54) is 11.8 Å². The molecule has 1 saturated heterocycles. The van der Waals surface area contributed by atoms with E-state index in [1.54, 1.807) is 12.4 Å². The lowest BCUT2D eigenvalue weighted by molar-refractivity contribution is -0.130. The summed E-state index contributed by atoms with van der Waals surface area (Å²) in [7, 11) is 0. The van der Waals surface area contributed by atoms with Crippen molar-refractivity contribution in [3.8, 4) is 17.1 Å². The fourth-order valence-electron chi connectivity index (χ4n) is 3.48. The van der Waals surface area contributed by atoms with Crippen LogP contribution in [0.1, 0.15) is 0 Å². The SMILES string of the molecule is O=C(CSc1nnc(-c2ccncc2)n1-c1ccccc1Cl)N1CCN(CCO)CC1. The Bertz CT molecular complexity index is 1020. The molecule has 8 nitrogen and oxygen atoms in total. The second-order valence-electron chi connectivity index (χ2n) is 7.06. The normalized spacial score (nSPS) is 14.7. The molecule has 3 heterocycles. The monoisotopic (exact) mass is 458 g/mol. The molecule has 4 rings (SSSR count). The summed E-state index contributed by atoms with van der Waals surface area (Å²) in [6.07, 6.45) is 3.40. The number of benzene rings is 1. The molecule has 0 spiro atoms. The van der Waals surface area contributed by atoms with Gasteiger partial charge in [-0.25, -0.2) is 0 Å². The van der Waals surface area contributed by atoms with Gasteiger partial charge in [0.2, 0.25) is 5.91 Å². The first kappa shape index (κ1) is 21.8. The minimum atomic E-state index is 0.0628. The molecule has 1 amide bonds. The van der Waals surface area contributed by atoms with Crippen LogP contribution in [-0.2, 0) is 4.79 Å². The van der Waals surface area contributed by atoms with Crippen LogP contribution in [0.5, 0.6) is 0 Å². The van der Waals surface area contributed by atoms with E-state index in [0.717, 1.165) is 24.3 Å². The van der Waals surface area contributed by atoms with Crippen LogP contribution >= 0.6 is 23.4 Å². The number of pyridine rings is 1. The molecule has 1 aliphatic rings. The molecular formula is C21H23ClN6O2S. The van der Waals surface area contributed by atoms with Gasteiger partial charge in [-0.2, -0.15) is 0 Å². The highest BCUT2D eigenvalue weighted by molar-refractivity contribution is 7.99. The van der Waals surface area contributed by atoms with Crippen molar-refractivity contribution in [1.82, 2.24) is 29.5 Å². The molecule has 3 aromatic rings. The highest BCUT2D eigenvalue weighted by Gasteiger charge is 2.23. The van der Waals surface area contributed by atoms with Gasteiger partial charge in [0.05, 0.1) is 23.1 Å². The number of carbonyl (C=O) groups excluding carboxylic acids is 1. The van der Waals surface area contributed by atoms with Gasteiger partial charge in [0.1, 0.15) is 0 Å². The number of hydrogen-bond donors (Lipinski definition) is 1. The first-order valence-corrected chi connectivity index (χ1v) is 11.4. The van der Waals surface area contributed by atoms with Crippen LogP contribution in [0.4, 0.5) is 0 Å². The molecule has 0 radical (unpaired) electrons. The zero-order chi connectivity index (χ0) is 21.6. The van der Waals surface area contributed by atoms with E-state index < -0.39 is 0 Å². The first-order valence-electron chi connectivity index (χ1n) is 10.0. The Morgan fingerprint density at radius 1 is 1.06 bits per heavy atom. The number of β-amino-alcohol motifs (C(OH)–C–C–N with tert-alkyl or cyclic N) is 1. The van der Waals surface area contributed by atoms with Crippen molar-refractivity contribution in [1.29, 1.82) is 0 Å². The van der Waals surface area contributed by atoms with Crippen molar-refractivity contribution < 1.29 is 9.90 Å². The summed E-state index contributed by atoms with van der Waals surface area (Å²) in [5, 5.41) is 19.0. The molecule has 1 aliphatic heterocycles. The molecular weight excluding hydrogens is 436 g/mol. The van der Waals surface area contributed by atoms with Gasteiger partial charge in [-0.3, -0.25) is 19.2 Å². The van der Waals surface area contributed by atoms with Gasteiger partial charge >= 0.3 is 0 Å². The predicted molar refractivity (Wildman–Crippen MR) is 120 cm³/mol. The molecule has 162 valence electrons. The summed E-state index contributed by atoms with van der Waals surface area (Å²) in [5.41, 5.74) is 1.62. The highest BCUT2D eigenvalue weighted by Crippen LogP contribution is 2.31. The molecule has 2 aromatic heterocycles. The number of aliphatic hydroxyl groups excluding tert-OH is 1. The van der Waals surface area contributed by atoms with E-state index in [9.17, 15) is 4.79 Å². The van der Waals surface area contributed by atoms with Gasteiger partial charge in [-0.15, -0.1) is 10.2 Å². The molecule has 10 heteroatoms. The van der Waals surface area contributed by atoms with Crippen LogP contribution in [0.2, 0.25) is 5.02 Å². The maximum atomic E-state index is 12.8. The van der Waals surface area contributed by atoms with Gasteiger partial charge in [0, 0.05) is 50.7 Å². The lowest BCUT2D eigenvalue weighted by Gasteiger charge is -2.34. The largest absolute Gasteiger partial charge is 0.395 e. The van der Waals surface area contributed by atoms with E-state index in [2.05, 4.69) is 20.1 Å². The summed E-state index contributed by atoms with van der Waals surface area (Å²) in [4.78, 5) is 20.9. The number of aromatic nitrogens is 4. The van der Waals surface area contributed by atoms with E-state index in [4.69, 9.17) is 16.7 Å². The molecule has 0 bridgehead atoms. The third-order valence-corrected chi connectivity index (χ3v) is 6.36. The second-order valence-corrected chi connectivity index (χ2v) is 8.41. The Balaban J connectivity index is 1.53. The summed E-state index contributed by atoms with van der Waals surface area (Å²) < 4.78 is 1.88. The van der Waals surface area contributed by atoms with E-state index >= 15 is 0 Å². The van der Waals surface area contributed by atoms with Crippen LogP contribution in [-0.4, -0.2) is 85.6 Å². The van der Waals surface area contributed by atoms with Gasteiger partial charge in [-0.05, 0) is 24.3 Å². The quantitative estimate of drug-likeness (QED) is 0.543. The number of carbonyl (C=O) groups is 1. The van der Waals surface area contributed by atoms with E-state index in [0.29, 0.717) is 35.6 Å². The topological polar surface area (TPSA) is 87.4 Å². The Kier molecular flexibility index (Phi) is 7.18. The van der Waals surface area contributed by atoms with Crippen LogP contribution < -0.4 is 0 Å². The number of thioether (sulfide) groups is 1. The number of nitrogens with zero attached hydrogens (tertiary/aromatic N) is 6. The Hall–Kier alpha value is -2.46. The average Bonchev–Trinajstić information content (AvgIpc) is 3.23. The summed E-state index contributed by atoms with van der Waals surface area (Å²) in [5.74, 6) is 0.967. The van der Waals surface area contributed by atoms with Crippen molar-refractivity contribution in [3.05, 3.63) is 53.8 Å². The highest BCUT2D eigenvalue weighted by atomic mass is 35.5. The molecule has 1 N–H and O–H groups in total. The van der Waals surface area contributed by atoms with Crippen LogP contribution in [0.15, 0.2) is 53.9 Å². The van der Waals surface area contributed by atoms with Crippen molar-refractivity contribution in [2.45, 2.75) is 5.16 Å². The molecule has 1 aromatic carbocycles. The maximum absolute atomic E-state index is 12.8. The number of halogens is 1. The smallest absolute Gasteiger partial charge is 0.233 e. The minimum absolute atomic E-state index is 0.0628. The van der Waals surface area contributed by atoms with Crippen molar-refractivity contribution in [2.24, 2.45) is 0 Å². The third kappa shape index (κ3) is 5.07. The van der Waals surface area contributed by atoms with Crippen molar-refractivity contribution in [3.63, 3.8) is 0 Å². The number of amides is 1. The van der Waals surface area contributed by atoms with Crippen molar-refractivity contribution >= 4 is 29.3 Å². The molecule has 1 fully saturated rings. The summed E-state index contributed by atoms with van der Waals surface area (Å²) in [6.45, 7) is 3.67. The summed E-state index contributed by atoms with van der Waals surface area (Å²) in [6, 6.07) is 11.2. The maximum Gasteiger partial charge on any atom is 0.233 e. The lowest BCUT2D eigenvalue weighted by Crippen LogP contribution is -2.49. The van der Waals surface area contributed by atoms with E-state index in [1.807, 2.05) is 45.9 Å². The fraction of sp³-hybridized carbons (Fsp3) is 0.333. The zero-order valence-electron chi connectivity index (χ0n) is 16.9. The second kappa shape index (κ2) is 10.2. The van der Waals surface area contributed by atoms with Crippen LogP contribution in [0.25, 0.3) is 17.1 Å². The standard InChI is InChI=1S/C21H23ClN6O2S/c22-17-3-1-2-4-18(17)28-20(16-5-7-23-8-6-16)24-25-21(28)31-15-19(30)27-11-9-26(10-12-27)13-14-29/h1-8,29H,9-15H2. The Morgan fingerprint density at radius 2 is 1.81 bits per heavy atom. The van der Waals surface area contributed by atoms with Crippen LogP contribution in [0.3, 0.4) is 0 Å². The average molecular weight is 459 g/mol. The molecule has 0 unspecified atom stereocenters. The minimum Gasteiger partial charge on any atom is -0.395 e. The number of hydrogen-bond acceptors (Lipinski definition) is 7. The predicted octanol–water partition coefficient (Wildman–Crippen LogP) is 2.21. The van der Waals surface area contributed by atoms with Crippen molar-refractivity contribution in [2.75, 3.05) is 45.1 Å².